The molecular weight excluding hydrogens is 294 g/mol. The first-order valence-corrected chi connectivity index (χ1v) is 8.03. The Morgan fingerprint density at radius 3 is 3.00 bits per heavy atom. The Hall–Kier alpha value is -1.63. The van der Waals surface area contributed by atoms with E-state index in [9.17, 15) is 4.79 Å². The van der Waals surface area contributed by atoms with Crippen molar-refractivity contribution >= 4 is 5.91 Å². The molecule has 1 aromatic carbocycles. The molecule has 0 saturated carbocycles. The van der Waals surface area contributed by atoms with Gasteiger partial charge in [0.05, 0.1) is 32.4 Å². The minimum atomic E-state index is -0.0995. The summed E-state index contributed by atoms with van der Waals surface area (Å²) in [7, 11) is 3.72. The van der Waals surface area contributed by atoms with Crippen LogP contribution in [0.2, 0.25) is 0 Å². The van der Waals surface area contributed by atoms with Crippen LogP contribution in [-0.2, 0) is 9.53 Å². The lowest BCUT2D eigenvalue weighted by Gasteiger charge is -2.30. The maximum atomic E-state index is 12.1. The van der Waals surface area contributed by atoms with Crippen molar-refractivity contribution in [2.45, 2.75) is 19.1 Å². The number of carbonyl (C=O) groups excluding carboxylic acids is 1. The maximum Gasteiger partial charge on any atom is 0.234 e. The number of amides is 1. The maximum absolute atomic E-state index is 12.1. The Balaban J connectivity index is 1.73. The van der Waals surface area contributed by atoms with Gasteiger partial charge in [-0.15, -0.1) is 0 Å². The molecule has 0 radical (unpaired) electrons. The zero-order valence-corrected chi connectivity index (χ0v) is 14.2. The SMILES string of the molecule is COc1ccccc1[C@H](C)NC(=O)CNC[C@H]1CN(C)CCO1. The van der Waals surface area contributed by atoms with Crippen molar-refractivity contribution in [1.82, 2.24) is 15.5 Å². The number of carbonyl (C=O) groups is 1. The molecule has 2 rings (SSSR count). The Morgan fingerprint density at radius 1 is 1.48 bits per heavy atom. The first-order chi connectivity index (χ1) is 11.1. The fourth-order valence-electron chi connectivity index (χ4n) is 2.73. The summed E-state index contributed by atoms with van der Waals surface area (Å²) >= 11 is 0. The second-order valence-corrected chi connectivity index (χ2v) is 5.92. The third kappa shape index (κ3) is 5.49. The predicted molar refractivity (Wildman–Crippen MR) is 89.7 cm³/mol. The molecule has 6 heteroatoms. The van der Waals surface area contributed by atoms with Gasteiger partial charge in [0.25, 0.3) is 0 Å². The van der Waals surface area contributed by atoms with E-state index < -0.39 is 0 Å². The van der Waals surface area contributed by atoms with E-state index in [4.69, 9.17) is 9.47 Å². The molecule has 2 N–H and O–H groups in total. The summed E-state index contributed by atoms with van der Waals surface area (Å²) in [6.45, 7) is 5.53. The minimum absolute atomic E-state index is 0.0347. The average molecular weight is 321 g/mol. The minimum Gasteiger partial charge on any atom is -0.496 e. The number of morpholine rings is 1. The first-order valence-electron chi connectivity index (χ1n) is 8.03. The van der Waals surface area contributed by atoms with Crippen molar-refractivity contribution in [1.29, 1.82) is 0 Å². The van der Waals surface area contributed by atoms with Crippen LogP contribution in [0.4, 0.5) is 0 Å². The van der Waals surface area contributed by atoms with Gasteiger partial charge in [0.2, 0.25) is 5.91 Å². The van der Waals surface area contributed by atoms with Crippen molar-refractivity contribution in [3.05, 3.63) is 29.8 Å². The van der Waals surface area contributed by atoms with Crippen LogP contribution < -0.4 is 15.4 Å². The van der Waals surface area contributed by atoms with Crippen LogP contribution in [0.1, 0.15) is 18.5 Å². The highest BCUT2D eigenvalue weighted by Gasteiger charge is 2.18. The molecule has 6 nitrogen and oxygen atoms in total. The van der Waals surface area contributed by atoms with Crippen LogP contribution in [0.25, 0.3) is 0 Å². The van der Waals surface area contributed by atoms with Crippen LogP contribution in [0.15, 0.2) is 24.3 Å². The van der Waals surface area contributed by atoms with Gasteiger partial charge in [-0.25, -0.2) is 0 Å². The topological polar surface area (TPSA) is 62.8 Å². The molecule has 1 aliphatic heterocycles. The lowest BCUT2D eigenvalue weighted by molar-refractivity contribution is -0.121. The Kier molecular flexibility index (Phi) is 6.83. The molecule has 0 aromatic heterocycles. The summed E-state index contributed by atoms with van der Waals surface area (Å²) in [4.78, 5) is 14.3. The third-order valence-corrected chi connectivity index (χ3v) is 3.98. The van der Waals surface area contributed by atoms with Gasteiger partial charge < -0.3 is 25.0 Å². The number of nitrogens with zero attached hydrogens (tertiary/aromatic N) is 1. The normalized spacial score (nSPS) is 20.0. The lowest BCUT2D eigenvalue weighted by atomic mass is 10.1. The lowest BCUT2D eigenvalue weighted by Crippen LogP contribution is -2.46. The average Bonchev–Trinajstić information content (AvgIpc) is 2.54. The van der Waals surface area contributed by atoms with Crippen LogP contribution in [0.3, 0.4) is 0 Å². The second-order valence-electron chi connectivity index (χ2n) is 5.92. The largest absolute Gasteiger partial charge is 0.496 e. The van der Waals surface area contributed by atoms with E-state index in [2.05, 4.69) is 22.6 Å². The summed E-state index contributed by atoms with van der Waals surface area (Å²) in [6.07, 6.45) is 0.146. The summed E-state index contributed by atoms with van der Waals surface area (Å²) < 4.78 is 11.0. The Bertz CT molecular complexity index is 510. The third-order valence-electron chi connectivity index (χ3n) is 3.98. The highest BCUT2D eigenvalue weighted by molar-refractivity contribution is 5.78. The van der Waals surface area contributed by atoms with Gasteiger partial charge in [-0.2, -0.15) is 0 Å². The van der Waals surface area contributed by atoms with E-state index in [1.165, 1.54) is 0 Å². The number of likely N-dealkylation sites (N-methyl/N-ethyl adjacent to an activating group) is 1. The van der Waals surface area contributed by atoms with Gasteiger partial charge in [0.1, 0.15) is 5.75 Å². The Labute approximate surface area is 138 Å². The number of methoxy groups -OCH3 is 1. The summed E-state index contributed by atoms with van der Waals surface area (Å²) in [6, 6.07) is 7.61. The quantitative estimate of drug-likeness (QED) is 0.777. The molecule has 1 aliphatic rings. The number of para-hydroxylation sites is 1. The first kappa shape index (κ1) is 17.7. The molecule has 1 heterocycles. The number of nitrogens with one attached hydrogen (secondary N) is 2. The summed E-state index contributed by atoms with van der Waals surface area (Å²) in [5.74, 6) is 0.750. The number of rotatable bonds is 7. The van der Waals surface area contributed by atoms with Gasteiger partial charge >= 0.3 is 0 Å². The molecule has 1 amide bonds. The Morgan fingerprint density at radius 2 is 2.26 bits per heavy atom. The fourth-order valence-corrected chi connectivity index (χ4v) is 2.73. The van der Waals surface area contributed by atoms with E-state index in [1.807, 2.05) is 31.2 Å². The molecule has 23 heavy (non-hydrogen) atoms. The molecule has 1 aromatic rings. The molecule has 0 bridgehead atoms. The van der Waals surface area contributed by atoms with E-state index in [1.54, 1.807) is 7.11 Å². The van der Waals surface area contributed by atoms with Gasteiger partial charge in [-0.3, -0.25) is 4.79 Å². The summed E-state index contributed by atoms with van der Waals surface area (Å²) in [5, 5.41) is 6.15. The monoisotopic (exact) mass is 321 g/mol. The zero-order chi connectivity index (χ0) is 16.7. The molecule has 2 atom stereocenters. The van der Waals surface area contributed by atoms with Crippen molar-refractivity contribution in [2.24, 2.45) is 0 Å². The number of ether oxygens (including phenoxy) is 2. The van der Waals surface area contributed by atoms with E-state index in [0.717, 1.165) is 31.0 Å². The molecule has 128 valence electrons. The standard InChI is InChI=1S/C17H27N3O3/c1-13(15-6-4-5-7-16(15)22-3)19-17(21)11-18-10-14-12-20(2)8-9-23-14/h4-7,13-14,18H,8-12H2,1-3H3,(H,19,21)/t13-,14-/m0/s1. The molecule has 0 spiro atoms. The second kappa shape index (κ2) is 8.86. The molecule has 1 fully saturated rings. The van der Waals surface area contributed by atoms with Crippen molar-refractivity contribution in [3.63, 3.8) is 0 Å². The van der Waals surface area contributed by atoms with E-state index in [-0.39, 0.29) is 24.6 Å². The smallest absolute Gasteiger partial charge is 0.234 e. The van der Waals surface area contributed by atoms with Crippen LogP contribution in [0.5, 0.6) is 5.75 Å². The molecular formula is C17H27N3O3. The highest BCUT2D eigenvalue weighted by Crippen LogP contribution is 2.23. The van der Waals surface area contributed by atoms with Crippen LogP contribution >= 0.6 is 0 Å². The number of benzene rings is 1. The number of hydrogen-bond acceptors (Lipinski definition) is 5. The van der Waals surface area contributed by atoms with Crippen LogP contribution in [-0.4, -0.2) is 63.9 Å². The van der Waals surface area contributed by atoms with Crippen LogP contribution in [0, 0.1) is 0 Å². The number of hydrogen-bond donors (Lipinski definition) is 2. The van der Waals surface area contributed by atoms with Crippen molar-refractivity contribution < 1.29 is 14.3 Å². The highest BCUT2D eigenvalue weighted by atomic mass is 16.5. The van der Waals surface area contributed by atoms with E-state index in [0.29, 0.717) is 6.54 Å². The van der Waals surface area contributed by atoms with Crippen molar-refractivity contribution in [2.75, 3.05) is 46.9 Å². The van der Waals surface area contributed by atoms with Gasteiger partial charge in [0, 0.05) is 25.2 Å². The van der Waals surface area contributed by atoms with Crippen molar-refractivity contribution in [3.8, 4) is 5.75 Å². The molecule has 1 saturated heterocycles. The zero-order valence-electron chi connectivity index (χ0n) is 14.2. The predicted octanol–water partition coefficient (Wildman–Crippen LogP) is 0.793. The van der Waals surface area contributed by atoms with Gasteiger partial charge in [-0.1, -0.05) is 18.2 Å². The van der Waals surface area contributed by atoms with Gasteiger partial charge in [0.15, 0.2) is 0 Å². The van der Waals surface area contributed by atoms with Gasteiger partial charge in [-0.05, 0) is 20.0 Å². The van der Waals surface area contributed by atoms with E-state index >= 15 is 0 Å². The summed E-state index contributed by atoms with van der Waals surface area (Å²) in [5.41, 5.74) is 0.973. The molecule has 0 unspecified atom stereocenters. The fraction of sp³-hybridized carbons (Fsp3) is 0.588. The molecule has 0 aliphatic carbocycles.